The molecule has 0 saturated carbocycles. The Hall–Kier alpha value is -2.61. The van der Waals surface area contributed by atoms with Crippen molar-refractivity contribution in [3.8, 4) is 0 Å². The number of pyridine rings is 1. The molecule has 4 aromatic rings. The first kappa shape index (κ1) is 22.6. The van der Waals surface area contributed by atoms with Gasteiger partial charge in [-0.05, 0) is 55.0 Å². The topological polar surface area (TPSA) is 57.0 Å². The largest absolute Gasteiger partial charge is 0.462 e. The van der Waals surface area contributed by atoms with Crippen LogP contribution in [0, 0.1) is 5.82 Å². The first-order chi connectivity index (χ1) is 15.5. The Morgan fingerprint density at radius 1 is 1.16 bits per heavy atom. The van der Waals surface area contributed by atoms with Crippen LogP contribution in [-0.2, 0) is 17.0 Å². The van der Waals surface area contributed by atoms with Gasteiger partial charge >= 0.3 is 5.97 Å². The molecule has 0 amide bonds. The molecule has 2 aromatic carbocycles. The van der Waals surface area contributed by atoms with Gasteiger partial charge in [-0.1, -0.05) is 41.0 Å². The highest BCUT2D eigenvalue weighted by atomic mass is 35.5. The monoisotopic (exact) mass is 489 g/mol. The highest BCUT2D eigenvalue weighted by Gasteiger charge is 2.16. The summed E-state index contributed by atoms with van der Waals surface area (Å²) >= 11 is 13.5. The first-order valence-electron chi connectivity index (χ1n) is 9.79. The number of hydrogen-bond donors (Lipinski definition) is 0. The van der Waals surface area contributed by atoms with Gasteiger partial charge in [-0.25, -0.2) is 14.2 Å². The first-order valence-corrected chi connectivity index (χ1v) is 11.5. The van der Waals surface area contributed by atoms with Gasteiger partial charge in [-0.15, -0.1) is 0 Å². The molecule has 4 rings (SSSR count). The maximum atomic E-state index is 13.9. The predicted octanol–water partition coefficient (Wildman–Crippen LogP) is 6.39. The molecule has 0 aliphatic carbocycles. The molecule has 2 aromatic heterocycles. The van der Waals surface area contributed by atoms with E-state index in [2.05, 4.69) is 4.98 Å². The lowest BCUT2D eigenvalue weighted by Crippen LogP contribution is -2.05. The van der Waals surface area contributed by atoms with Crippen LogP contribution in [-0.4, -0.2) is 27.1 Å². The number of esters is 1. The van der Waals surface area contributed by atoms with E-state index in [0.717, 1.165) is 11.2 Å². The quantitative estimate of drug-likeness (QED) is 0.171. The van der Waals surface area contributed by atoms with E-state index >= 15 is 0 Å². The third-order valence-electron chi connectivity index (χ3n) is 4.72. The van der Waals surface area contributed by atoms with Crippen LogP contribution in [0.2, 0.25) is 10.0 Å². The lowest BCUT2D eigenvalue weighted by atomic mass is 10.2. The fourth-order valence-electron chi connectivity index (χ4n) is 3.18. The fourth-order valence-corrected chi connectivity index (χ4v) is 4.72. The number of hydrogen-bond acceptors (Lipinski definition) is 5. The summed E-state index contributed by atoms with van der Waals surface area (Å²) in [4.78, 5) is 21.3. The molecule has 0 saturated heterocycles. The summed E-state index contributed by atoms with van der Waals surface area (Å²) < 4.78 is 21.0. The molecular weight excluding hydrogens is 472 g/mol. The number of halogens is 3. The van der Waals surface area contributed by atoms with Crippen molar-refractivity contribution in [2.75, 3.05) is 6.61 Å². The Bertz CT molecular complexity index is 1280. The second-order valence-corrected chi connectivity index (χ2v) is 8.63. The number of imidazole rings is 1. The van der Waals surface area contributed by atoms with E-state index in [-0.39, 0.29) is 5.02 Å². The van der Waals surface area contributed by atoms with Crippen LogP contribution in [0.25, 0.3) is 11.0 Å². The minimum Gasteiger partial charge on any atom is -0.462 e. The van der Waals surface area contributed by atoms with E-state index in [1.165, 1.54) is 23.9 Å². The average Bonchev–Trinajstić information content (AvgIpc) is 3.12. The van der Waals surface area contributed by atoms with Crippen molar-refractivity contribution in [3.05, 3.63) is 87.4 Å². The van der Waals surface area contributed by atoms with E-state index in [1.807, 2.05) is 28.8 Å². The lowest BCUT2D eigenvalue weighted by Gasteiger charge is -2.10. The van der Waals surface area contributed by atoms with Gasteiger partial charge < -0.3 is 9.30 Å². The van der Waals surface area contributed by atoms with Crippen molar-refractivity contribution in [1.82, 2.24) is 14.5 Å². The molecule has 164 valence electrons. The maximum absolute atomic E-state index is 13.9. The van der Waals surface area contributed by atoms with Crippen LogP contribution in [0.3, 0.4) is 0 Å². The summed E-state index contributed by atoms with van der Waals surface area (Å²) in [6, 6.07) is 13.7. The lowest BCUT2D eigenvalue weighted by molar-refractivity contribution is 0.0526. The van der Waals surface area contributed by atoms with Gasteiger partial charge in [-0.3, -0.25) is 4.98 Å². The summed E-state index contributed by atoms with van der Waals surface area (Å²) in [7, 11) is 0. The van der Waals surface area contributed by atoms with Crippen molar-refractivity contribution in [2.45, 2.75) is 24.4 Å². The number of nitrogens with zero attached hydrogens (tertiary/aromatic N) is 3. The Kier molecular flexibility index (Phi) is 6.98. The zero-order chi connectivity index (χ0) is 22.7. The number of rotatable bonds is 7. The fraction of sp³-hybridized carbons (Fsp3) is 0.174. The van der Waals surface area contributed by atoms with Gasteiger partial charge in [0.25, 0.3) is 0 Å². The summed E-state index contributed by atoms with van der Waals surface area (Å²) in [5.41, 5.74) is 3.41. The van der Waals surface area contributed by atoms with Gasteiger partial charge in [-0.2, -0.15) is 0 Å². The number of carbonyl (C=O) groups is 1. The third-order valence-corrected chi connectivity index (χ3v) is 6.38. The molecule has 32 heavy (non-hydrogen) atoms. The molecule has 0 N–H and O–H groups in total. The predicted molar refractivity (Wildman–Crippen MR) is 125 cm³/mol. The van der Waals surface area contributed by atoms with E-state index < -0.39 is 11.8 Å². The minimum atomic E-state index is -0.521. The van der Waals surface area contributed by atoms with E-state index in [1.54, 1.807) is 25.3 Å². The number of aromatic nitrogens is 3. The molecule has 0 fully saturated rings. The van der Waals surface area contributed by atoms with Gasteiger partial charge in [0, 0.05) is 17.0 Å². The second kappa shape index (κ2) is 9.90. The van der Waals surface area contributed by atoms with Crippen molar-refractivity contribution in [2.24, 2.45) is 0 Å². The smallest absolute Gasteiger partial charge is 0.338 e. The van der Waals surface area contributed by atoms with Gasteiger partial charge in [0.2, 0.25) is 0 Å². The van der Waals surface area contributed by atoms with Crippen molar-refractivity contribution >= 4 is 52.0 Å². The van der Waals surface area contributed by atoms with Crippen LogP contribution < -0.4 is 0 Å². The van der Waals surface area contributed by atoms with Crippen molar-refractivity contribution in [1.29, 1.82) is 0 Å². The third kappa shape index (κ3) is 4.90. The zero-order valence-corrected chi connectivity index (χ0v) is 19.3. The van der Waals surface area contributed by atoms with E-state index in [9.17, 15) is 9.18 Å². The molecule has 0 radical (unpaired) electrons. The van der Waals surface area contributed by atoms with Crippen molar-refractivity contribution in [3.63, 3.8) is 0 Å². The highest BCUT2D eigenvalue weighted by Crippen LogP contribution is 2.32. The molecule has 0 aliphatic rings. The van der Waals surface area contributed by atoms with Crippen LogP contribution in [0.4, 0.5) is 4.39 Å². The number of thioether (sulfide) groups is 1. The van der Waals surface area contributed by atoms with Crippen LogP contribution in [0.1, 0.15) is 28.5 Å². The molecule has 0 unspecified atom stereocenters. The maximum Gasteiger partial charge on any atom is 0.338 e. The summed E-state index contributed by atoms with van der Waals surface area (Å²) in [5, 5.41) is 1.07. The molecule has 2 heterocycles. The molecular formula is C23H18Cl2FN3O2S. The number of carbonyl (C=O) groups excluding carboxylic acids is 1. The summed E-state index contributed by atoms with van der Waals surface area (Å²) in [6.07, 6.45) is 1.73. The molecule has 0 atom stereocenters. The Morgan fingerprint density at radius 2 is 2.00 bits per heavy atom. The SMILES string of the molecule is CCOC(=O)c1ccc2c(c1)nc(SCc1cc(F)c(Cl)cc1Cl)n2Cc1ccccn1. The van der Waals surface area contributed by atoms with Crippen molar-refractivity contribution < 1.29 is 13.9 Å². The number of ether oxygens (including phenoxy) is 1. The van der Waals surface area contributed by atoms with Gasteiger partial charge in [0.1, 0.15) is 5.82 Å². The molecule has 0 bridgehead atoms. The van der Waals surface area contributed by atoms with E-state index in [4.69, 9.17) is 32.9 Å². The number of benzene rings is 2. The van der Waals surface area contributed by atoms with Gasteiger partial charge in [0.15, 0.2) is 5.16 Å². The Morgan fingerprint density at radius 3 is 2.75 bits per heavy atom. The number of fused-ring (bicyclic) bond motifs is 1. The van der Waals surface area contributed by atoms with Crippen LogP contribution in [0.15, 0.2) is 59.9 Å². The van der Waals surface area contributed by atoms with E-state index in [0.29, 0.717) is 45.7 Å². The summed E-state index contributed by atoms with van der Waals surface area (Å²) in [6.45, 7) is 2.54. The molecule has 9 heteroatoms. The Labute approximate surface area is 198 Å². The average molecular weight is 490 g/mol. The second-order valence-electron chi connectivity index (χ2n) is 6.87. The van der Waals surface area contributed by atoms with Crippen LogP contribution in [0.5, 0.6) is 0 Å². The standard InChI is InChI=1S/C23H18Cl2FN3O2S/c1-2-31-22(30)14-6-7-21-20(10-14)28-23(29(21)12-16-5-3-4-8-27-16)32-13-15-9-19(26)18(25)11-17(15)24/h3-11H,2,12-13H2,1H3. The summed E-state index contributed by atoms with van der Waals surface area (Å²) in [5.74, 6) is -0.526. The van der Waals surface area contributed by atoms with Crippen LogP contribution >= 0.6 is 35.0 Å². The normalized spacial score (nSPS) is 11.1. The highest BCUT2D eigenvalue weighted by molar-refractivity contribution is 7.98. The molecule has 0 spiro atoms. The molecule has 5 nitrogen and oxygen atoms in total. The Balaban J connectivity index is 1.71. The van der Waals surface area contributed by atoms with Gasteiger partial charge in [0.05, 0.1) is 40.5 Å². The zero-order valence-electron chi connectivity index (χ0n) is 17.0. The molecule has 0 aliphatic heterocycles. The minimum absolute atomic E-state index is 0.0161.